The molecule has 0 radical (unpaired) electrons. The summed E-state index contributed by atoms with van der Waals surface area (Å²) in [6.45, 7) is 5.95. The number of rotatable bonds is 3. The van der Waals surface area contributed by atoms with Crippen LogP contribution in [0.5, 0.6) is 5.75 Å². The van der Waals surface area contributed by atoms with Crippen molar-refractivity contribution < 1.29 is 9.53 Å². The second kappa shape index (κ2) is 7.37. The van der Waals surface area contributed by atoms with Gasteiger partial charge in [-0.15, -0.1) is 0 Å². The van der Waals surface area contributed by atoms with E-state index in [0.29, 0.717) is 11.5 Å². The van der Waals surface area contributed by atoms with Crippen molar-refractivity contribution in [2.75, 3.05) is 26.2 Å². The van der Waals surface area contributed by atoms with Crippen LogP contribution in [0.4, 0.5) is 0 Å². The van der Waals surface area contributed by atoms with Gasteiger partial charge in [-0.25, -0.2) is 0 Å². The number of fused-ring (bicyclic) bond motifs is 1. The maximum absolute atomic E-state index is 11.6. The molecule has 5 rings (SSSR count). The molecule has 0 N–H and O–H groups in total. The smallest absolute Gasteiger partial charge is 0.219 e. The van der Waals surface area contributed by atoms with Crippen LogP contribution in [0.3, 0.4) is 0 Å². The summed E-state index contributed by atoms with van der Waals surface area (Å²) in [7, 11) is 0. The summed E-state index contributed by atoms with van der Waals surface area (Å²) in [5.41, 5.74) is 3.37. The number of ether oxygens (including phenoxy) is 1. The summed E-state index contributed by atoms with van der Waals surface area (Å²) in [5, 5.41) is 0. The third kappa shape index (κ3) is 3.56. The first-order chi connectivity index (χ1) is 13.6. The number of hydrogen-bond donors (Lipinski definition) is 0. The molecule has 0 aromatic heterocycles. The highest BCUT2D eigenvalue weighted by molar-refractivity contribution is 5.73. The molecule has 2 heterocycles. The van der Waals surface area contributed by atoms with Gasteiger partial charge >= 0.3 is 0 Å². The van der Waals surface area contributed by atoms with Crippen molar-refractivity contribution in [2.45, 2.75) is 76.9 Å². The van der Waals surface area contributed by atoms with Gasteiger partial charge in [-0.1, -0.05) is 12.5 Å². The van der Waals surface area contributed by atoms with Crippen LogP contribution in [-0.2, 0) is 17.6 Å². The van der Waals surface area contributed by atoms with Crippen LogP contribution in [0, 0.1) is 5.41 Å². The predicted molar refractivity (Wildman–Crippen MR) is 111 cm³/mol. The monoisotopic (exact) mass is 382 g/mol. The van der Waals surface area contributed by atoms with Crippen LogP contribution < -0.4 is 4.74 Å². The number of benzene rings is 1. The number of piperidine rings is 2. The van der Waals surface area contributed by atoms with E-state index in [1.165, 1.54) is 62.7 Å². The second-order valence-corrected chi connectivity index (χ2v) is 9.73. The fraction of sp³-hybridized carbons (Fsp3) is 0.708. The van der Waals surface area contributed by atoms with E-state index in [1.807, 2.05) is 4.90 Å². The first-order valence-corrected chi connectivity index (χ1v) is 11.4. The Labute approximate surface area is 169 Å². The van der Waals surface area contributed by atoms with E-state index in [2.05, 4.69) is 23.1 Å². The van der Waals surface area contributed by atoms with E-state index in [0.717, 1.165) is 44.1 Å². The minimum absolute atomic E-state index is 0.226. The minimum atomic E-state index is 0.226. The van der Waals surface area contributed by atoms with Gasteiger partial charge in [0.05, 0.1) is 0 Å². The molecule has 2 aliphatic carbocycles. The van der Waals surface area contributed by atoms with Gasteiger partial charge in [0.1, 0.15) is 11.9 Å². The van der Waals surface area contributed by atoms with Gasteiger partial charge in [0.15, 0.2) is 0 Å². The van der Waals surface area contributed by atoms with Gasteiger partial charge in [0, 0.05) is 39.1 Å². The number of hydrogen-bond acceptors (Lipinski definition) is 3. The molecule has 3 fully saturated rings. The number of nitrogens with zero attached hydrogens (tertiary/aromatic N) is 2. The second-order valence-electron chi connectivity index (χ2n) is 9.73. The van der Waals surface area contributed by atoms with Crippen LogP contribution in [-0.4, -0.2) is 54.0 Å². The van der Waals surface area contributed by atoms with Gasteiger partial charge in [0.2, 0.25) is 5.91 Å². The maximum atomic E-state index is 11.6. The van der Waals surface area contributed by atoms with Crippen LogP contribution >= 0.6 is 0 Å². The lowest BCUT2D eigenvalue weighted by Gasteiger charge is -2.41. The van der Waals surface area contributed by atoms with Crippen molar-refractivity contribution in [3.63, 3.8) is 0 Å². The highest BCUT2D eigenvalue weighted by Crippen LogP contribution is 2.45. The van der Waals surface area contributed by atoms with E-state index in [1.54, 1.807) is 6.92 Å². The molecular formula is C24H34N2O2. The Balaban J connectivity index is 1.17. The Hall–Kier alpha value is -1.55. The van der Waals surface area contributed by atoms with E-state index < -0.39 is 0 Å². The zero-order valence-electron chi connectivity index (χ0n) is 17.3. The number of carbonyl (C=O) groups is 1. The molecule has 4 heteroatoms. The van der Waals surface area contributed by atoms with Gasteiger partial charge in [-0.2, -0.15) is 0 Å². The highest BCUT2D eigenvalue weighted by Gasteiger charge is 2.40. The van der Waals surface area contributed by atoms with Crippen molar-refractivity contribution in [3.8, 4) is 5.75 Å². The Kier molecular flexibility index (Phi) is 4.86. The average molecular weight is 383 g/mol. The molecule has 1 aromatic rings. The van der Waals surface area contributed by atoms with Crippen LogP contribution in [0.25, 0.3) is 0 Å². The quantitative estimate of drug-likeness (QED) is 0.797. The van der Waals surface area contributed by atoms with Crippen molar-refractivity contribution in [2.24, 2.45) is 5.41 Å². The molecule has 152 valence electrons. The van der Waals surface area contributed by atoms with E-state index in [-0.39, 0.29) is 5.91 Å². The normalized spacial score (nSPS) is 25.5. The fourth-order valence-corrected chi connectivity index (χ4v) is 5.84. The van der Waals surface area contributed by atoms with E-state index >= 15 is 0 Å². The van der Waals surface area contributed by atoms with Gasteiger partial charge in [0.25, 0.3) is 0 Å². The highest BCUT2D eigenvalue weighted by atomic mass is 16.5. The third-order valence-corrected chi connectivity index (χ3v) is 7.95. The molecule has 0 bridgehead atoms. The largest absolute Gasteiger partial charge is 0.490 e. The average Bonchev–Trinajstić information content (AvgIpc) is 2.99. The number of likely N-dealkylation sites (tertiary alicyclic amines) is 2. The van der Waals surface area contributed by atoms with Crippen LogP contribution in [0.15, 0.2) is 18.2 Å². The molecule has 1 amide bonds. The summed E-state index contributed by atoms with van der Waals surface area (Å²) in [6, 6.07) is 7.69. The standard InChI is InChI=1S/C24H34N2O2/c1-18(27)25-13-9-24(10-14-25)16-19-5-6-23(15-20(19)17-24)28-22-7-11-26(12-8-22)21-3-2-4-21/h5-6,15,21-22H,2-4,7-14,16-17H2,1H3. The Bertz CT molecular complexity index is 726. The molecule has 1 aromatic carbocycles. The molecule has 28 heavy (non-hydrogen) atoms. The minimum Gasteiger partial charge on any atom is -0.490 e. The van der Waals surface area contributed by atoms with Gasteiger partial charge in [-0.3, -0.25) is 4.79 Å². The maximum Gasteiger partial charge on any atom is 0.219 e. The first-order valence-electron chi connectivity index (χ1n) is 11.4. The first kappa shape index (κ1) is 18.5. The summed E-state index contributed by atoms with van der Waals surface area (Å²) in [4.78, 5) is 16.3. The van der Waals surface area contributed by atoms with Crippen LogP contribution in [0.2, 0.25) is 0 Å². The Morgan fingerprint density at radius 1 is 1.00 bits per heavy atom. The third-order valence-electron chi connectivity index (χ3n) is 7.95. The molecule has 1 saturated carbocycles. The van der Waals surface area contributed by atoms with Crippen molar-refractivity contribution >= 4 is 5.91 Å². The summed E-state index contributed by atoms with van der Waals surface area (Å²) in [5.74, 6) is 1.29. The predicted octanol–water partition coefficient (Wildman–Crippen LogP) is 3.81. The van der Waals surface area contributed by atoms with E-state index in [9.17, 15) is 4.79 Å². The fourth-order valence-electron chi connectivity index (χ4n) is 5.84. The Morgan fingerprint density at radius 2 is 1.71 bits per heavy atom. The van der Waals surface area contributed by atoms with E-state index in [4.69, 9.17) is 4.74 Å². The zero-order chi connectivity index (χ0) is 19.1. The SMILES string of the molecule is CC(=O)N1CCC2(CC1)Cc1ccc(OC3CCN(C4CCC4)CC3)cc1C2. The van der Waals surface area contributed by atoms with Crippen molar-refractivity contribution in [1.29, 1.82) is 0 Å². The molecule has 2 aliphatic heterocycles. The van der Waals surface area contributed by atoms with Gasteiger partial charge < -0.3 is 14.5 Å². The number of amides is 1. The Morgan fingerprint density at radius 3 is 2.36 bits per heavy atom. The lowest BCUT2D eigenvalue weighted by Crippen LogP contribution is -2.46. The zero-order valence-corrected chi connectivity index (χ0v) is 17.3. The molecule has 0 atom stereocenters. The van der Waals surface area contributed by atoms with Crippen molar-refractivity contribution in [3.05, 3.63) is 29.3 Å². The number of carbonyl (C=O) groups excluding carboxylic acids is 1. The molecule has 4 nitrogen and oxygen atoms in total. The van der Waals surface area contributed by atoms with Gasteiger partial charge in [-0.05, 0) is 80.0 Å². The molecule has 1 spiro atoms. The summed E-state index contributed by atoms with van der Waals surface area (Å²) >= 11 is 0. The molecule has 4 aliphatic rings. The lowest BCUT2D eigenvalue weighted by molar-refractivity contribution is -0.131. The molecule has 0 unspecified atom stereocenters. The van der Waals surface area contributed by atoms with Crippen molar-refractivity contribution in [1.82, 2.24) is 9.80 Å². The summed E-state index contributed by atoms with van der Waals surface area (Å²) in [6.07, 6.45) is 11.5. The summed E-state index contributed by atoms with van der Waals surface area (Å²) < 4.78 is 6.41. The molecular weight excluding hydrogens is 348 g/mol. The topological polar surface area (TPSA) is 32.8 Å². The lowest BCUT2D eigenvalue weighted by atomic mass is 9.76. The van der Waals surface area contributed by atoms with Crippen LogP contribution in [0.1, 0.15) is 63.0 Å². The molecule has 2 saturated heterocycles.